The van der Waals surface area contributed by atoms with Gasteiger partial charge in [-0.1, -0.05) is 15.9 Å². The molecule has 4 nitrogen and oxygen atoms in total. The van der Waals surface area contributed by atoms with Crippen LogP contribution >= 0.6 is 15.9 Å². The van der Waals surface area contributed by atoms with Crippen LogP contribution in [-0.2, 0) is 0 Å². The summed E-state index contributed by atoms with van der Waals surface area (Å²) in [5.41, 5.74) is 0.481. The summed E-state index contributed by atoms with van der Waals surface area (Å²) in [4.78, 5) is 11.5. The number of halogens is 1. The zero-order chi connectivity index (χ0) is 10.1. The van der Waals surface area contributed by atoms with Crippen molar-refractivity contribution in [3.8, 4) is 11.5 Å². The van der Waals surface area contributed by atoms with Crippen LogP contribution in [0.2, 0.25) is 0 Å². The first-order chi connectivity index (χ1) is 6.72. The number of fused-ring (bicyclic) bond motifs is 1. The van der Waals surface area contributed by atoms with E-state index in [1.54, 1.807) is 19.2 Å². The van der Waals surface area contributed by atoms with Gasteiger partial charge in [0, 0.05) is 11.5 Å². The zero-order valence-electron chi connectivity index (χ0n) is 7.46. The lowest BCUT2D eigenvalue weighted by Gasteiger charge is -2.04. The van der Waals surface area contributed by atoms with E-state index in [1.807, 2.05) is 0 Å². The van der Waals surface area contributed by atoms with Crippen LogP contribution in [0.25, 0.3) is 0 Å². The predicted molar refractivity (Wildman–Crippen MR) is 53.7 cm³/mol. The van der Waals surface area contributed by atoms with Gasteiger partial charge in [-0.15, -0.1) is 0 Å². The van der Waals surface area contributed by atoms with Crippen molar-refractivity contribution in [1.29, 1.82) is 0 Å². The van der Waals surface area contributed by atoms with Crippen molar-refractivity contribution >= 4 is 21.8 Å². The normalized spacial score (nSPS) is 12.7. The number of rotatable bonds is 1. The average molecular weight is 258 g/mol. The van der Waals surface area contributed by atoms with Gasteiger partial charge < -0.3 is 14.8 Å². The van der Waals surface area contributed by atoms with E-state index < -0.39 is 0 Å². The second kappa shape index (κ2) is 3.49. The molecule has 0 bridgehead atoms. The molecule has 0 aromatic heterocycles. The van der Waals surface area contributed by atoms with Crippen molar-refractivity contribution in [1.82, 2.24) is 5.32 Å². The van der Waals surface area contributed by atoms with Crippen molar-refractivity contribution in [2.75, 3.05) is 13.8 Å². The van der Waals surface area contributed by atoms with Gasteiger partial charge >= 0.3 is 0 Å². The molecule has 1 aliphatic heterocycles. The fraction of sp³-hybridized carbons (Fsp3) is 0.222. The van der Waals surface area contributed by atoms with E-state index in [4.69, 9.17) is 9.47 Å². The minimum absolute atomic E-state index is 0.162. The van der Waals surface area contributed by atoms with Gasteiger partial charge in [0.25, 0.3) is 5.91 Å². The van der Waals surface area contributed by atoms with Gasteiger partial charge in [0.05, 0.1) is 5.56 Å². The highest BCUT2D eigenvalue weighted by Gasteiger charge is 2.22. The third kappa shape index (κ3) is 1.43. The van der Waals surface area contributed by atoms with Gasteiger partial charge in [0.2, 0.25) is 6.79 Å². The standard InChI is InChI=1S/C9H8BrNO3/c1-11-9(12)6-2-5(10)3-7-8(6)14-4-13-7/h2-3H,4H2,1H3,(H,11,12). The zero-order valence-corrected chi connectivity index (χ0v) is 9.05. The molecule has 1 amide bonds. The maximum atomic E-state index is 11.5. The molecule has 0 saturated carbocycles. The van der Waals surface area contributed by atoms with E-state index in [1.165, 1.54) is 0 Å². The monoisotopic (exact) mass is 257 g/mol. The molecule has 0 saturated heterocycles. The highest BCUT2D eigenvalue weighted by atomic mass is 79.9. The number of amides is 1. The van der Waals surface area contributed by atoms with E-state index in [9.17, 15) is 4.79 Å². The van der Waals surface area contributed by atoms with E-state index in [-0.39, 0.29) is 12.7 Å². The molecule has 0 radical (unpaired) electrons. The molecule has 14 heavy (non-hydrogen) atoms. The number of carbonyl (C=O) groups excluding carboxylic acids is 1. The van der Waals surface area contributed by atoms with Crippen molar-refractivity contribution in [3.05, 3.63) is 22.2 Å². The SMILES string of the molecule is CNC(=O)c1cc(Br)cc2c1OCO2. The van der Waals surface area contributed by atoms with Gasteiger partial charge in [0.1, 0.15) is 0 Å². The Morgan fingerprint density at radius 2 is 2.29 bits per heavy atom. The van der Waals surface area contributed by atoms with Crippen molar-refractivity contribution in [2.24, 2.45) is 0 Å². The topological polar surface area (TPSA) is 47.6 Å². The highest BCUT2D eigenvalue weighted by Crippen LogP contribution is 2.38. The van der Waals surface area contributed by atoms with Crippen LogP contribution in [0.1, 0.15) is 10.4 Å². The summed E-state index contributed by atoms with van der Waals surface area (Å²) in [5.74, 6) is 0.915. The Morgan fingerprint density at radius 3 is 3.00 bits per heavy atom. The second-order valence-electron chi connectivity index (χ2n) is 2.77. The quantitative estimate of drug-likeness (QED) is 0.831. The van der Waals surface area contributed by atoms with Gasteiger partial charge in [-0.25, -0.2) is 0 Å². The minimum Gasteiger partial charge on any atom is -0.454 e. The lowest BCUT2D eigenvalue weighted by molar-refractivity contribution is 0.0958. The molecular weight excluding hydrogens is 250 g/mol. The fourth-order valence-corrected chi connectivity index (χ4v) is 1.72. The highest BCUT2D eigenvalue weighted by molar-refractivity contribution is 9.10. The molecule has 0 fully saturated rings. The van der Waals surface area contributed by atoms with Gasteiger partial charge in [-0.2, -0.15) is 0 Å². The Labute approximate surface area is 89.3 Å². The molecule has 1 aromatic carbocycles. The number of benzene rings is 1. The van der Waals surface area contributed by atoms with E-state index in [0.29, 0.717) is 17.1 Å². The second-order valence-corrected chi connectivity index (χ2v) is 3.68. The molecule has 1 aromatic rings. The molecule has 5 heteroatoms. The van der Waals surface area contributed by atoms with Crippen molar-refractivity contribution in [2.45, 2.75) is 0 Å². The van der Waals surface area contributed by atoms with Crippen LogP contribution < -0.4 is 14.8 Å². The Kier molecular flexibility index (Phi) is 2.33. The summed E-state index contributed by atoms with van der Waals surface area (Å²) < 4.78 is 11.2. The largest absolute Gasteiger partial charge is 0.454 e. The molecule has 1 aliphatic rings. The summed E-state index contributed by atoms with van der Waals surface area (Å²) >= 11 is 3.30. The van der Waals surface area contributed by atoms with Crippen LogP contribution in [0.3, 0.4) is 0 Å². The number of nitrogens with one attached hydrogen (secondary N) is 1. The first-order valence-electron chi connectivity index (χ1n) is 4.03. The number of hydrogen-bond acceptors (Lipinski definition) is 3. The molecule has 2 rings (SSSR count). The lowest BCUT2D eigenvalue weighted by atomic mass is 10.2. The summed E-state index contributed by atoms with van der Waals surface area (Å²) in [6, 6.07) is 3.47. The van der Waals surface area contributed by atoms with Crippen LogP contribution in [-0.4, -0.2) is 19.7 Å². The molecule has 0 spiro atoms. The van der Waals surface area contributed by atoms with Crippen molar-refractivity contribution in [3.63, 3.8) is 0 Å². The third-order valence-corrected chi connectivity index (χ3v) is 2.37. The molecule has 0 aliphatic carbocycles. The third-order valence-electron chi connectivity index (χ3n) is 1.91. The molecule has 1 N–H and O–H groups in total. The maximum absolute atomic E-state index is 11.5. The van der Waals surface area contributed by atoms with Crippen LogP contribution in [0.4, 0.5) is 0 Å². The van der Waals surface area contributed by atoms with Gasteiger partial charge in [-0.05, 0) is 12.1 Å². The number of hydrogen-bond donors (Lipinski definition) is 1. The first kappa shape index (κ1) is 9.33. The number of ether oxygens (including phenoxy) is 2. The Bertz CT molecular complexity index is 392. The van der Waals surface area contributed by atoms with E-state index >= 15 is 0 Å². The Balaban J connectivity index is 2.54. The Hall–Kier alpha value is -1.23. The fourth-order valence-electron chi connectivity index (χ4n) is 1.28. The minimum atomic E-state index is -0.187. The summed E-state index contributed by atoms with van der Waals surface area (Å²) in [5, 5.41) is 2.54. The number of carbonyl (C=O) groups is 1. The average Bonchev–Trinajstić information content (AvgIpc) is 2.62. The van der Waals surface area contributed by atoms with Gasteiger partial charge in [-0.3, -0.25) is 4.79 Å². The van der Waals surface area contributed by atoms with E-state index in [0.717, 1.165) is 4.47 Å². The van der Waals surface area contributed by atoms with Gasteiger partial charge in [0.15, 0.2) is 11.5 Å². The molecular formula is C9H8BrNO3. The molecule has 0 unspecified atom stereocenters. The maximum Gasteiger partial charge on any atom is 0.254 e. The molecule has 0 atom stereocenters. The first-order valence-corrected chi connectivity index (χ1v) is 4.83. The van der Waals surface area contributed by atoms with Crippen molar-refractivity contribution < 1.29 is 14.3 Å². The summed E-state index contributed by atoms with van der Waals surface area (Å²) in [7, 11) is 1.57. The summed E-state index contributed by atoms with van der Waals surface area (Å²) in [6.07, 6.45) is 0. The van der Waals surface area contributed by atoms with E-state index in [2.05, 4.69) is 21.2 Å². The Morgan fingerprint density at radius 1 is 1.50 bits per heavy atom. The predicted octanol–water partition coefficient (Wildman–Crippen LogP) is 1.54. The summed E-state index contributed by atoms with van der Waals surface area (Å²) in [6.45, 7) is 0.162. The van der Waals surface area contributed by atoms with Crippen LogP contribution in [0, 0.1) is 0 Å². The smallest absolute Gasteiger partial charge is 0.254 e. The molecule has 1 heterocycles. The van der Waals surface area contributed by atoms with Crippen LogP contribution in [0.5, 0.6) is 11.5 Å². The molecule has 74 valence electrons. The lowest BCUT2D eigenvalue weighted by Crippen LogP contribution is -2.18. The van der Waals surface area contributed by atoms with Crippen LogP contribution in [0.15, 0.2) is 16.6 Å².